The van der Waals surface area contributed by atoms with Crippen molar-refractivity contribution in [3.8, 4) is 6.07 Å². The summed E-state index contributed by atoms with van der Waals surface area (Å²) in [4.78, 5) is 16.0. The summed E-state index contributed by atoms with van der Waals surface area (Å²) in [5.41, 5.74) is 3.42. The van der Waals surface area contributed by atoms with Gasteiger partial charge in [0.2, 0.25) is 5.91 Å². The third kappa shape index (κ3) is 2.55. The SMILES string of the molecule is Cc1ccc(N2CCN(C)C(=O)C2CC#N)c(C)c1. The van der Waals surface area contributed by atoms with Crippen LogP contribution >= 0.6 is 0 Å². The van der Waals surface area contributed by atoms with Crippen molar-refractivity contribution in [2.45, 2.75) is 26.3 Å². The number of aryl methyl sites for hydroxylation is 2. The minimum absolute atomic E-state index is 0.0350. The van der Waals surface area contributed by atoms with Crippen LogP contribution in [-0.4, -0.2) is 37.0 Å². The number of likely N-dealkylation sites (N-methyl/N-ethyl adjacent to an activating group) is 1. The molecule has 0 radical (unpaired) electrons. The molecule has 1 saturated heterocycles. The Morgan fingerprint density at radius 2 is 2.11 bits per heavy atom. The van der Waals surface area contributed by atoms with Gasteiger partial charge in [-0.1, -0.05) is 17.7 Å². The minimum Gasteiger partial charge on any atom is -0.357 e. The predicted molar refractivity (Wildman–Crippen MR) is 74.9 cm³/mol. The molecule has 1 amide bonds. The highest BCUT2D eigenvalue weighted by atomic mass is 16.2. The average molecular weight is 257 g/mol. The fraction of sp³-hybridized carbons (Fsp3) is 0.467. The number of piperazine rings is 1. The summed E-state index contributed by atoms with van der Waals surface area (Å²) in [7, 11) is 1.80. The Balaban J connectivity index is 2.36. The van der Waals surface area contributed by atoms with Gasteiger partial charge in [-0.25, -0.2) is 0 Å². The highest BCUT2D eigenvalue weighted by Gasteiger charge is 2.33. The fourth-order valence-electron chi connectivity index (χ4n) is 2.61. The number of benzene rings is 1. The van der Waals surface area contributed by atoms with Crippen LogP contribution in [-0.2, 0) is 4.79 Å². The van der Waals surface area contributed by atoms with Crippen LogP contribution in [0.25, 0.3) is 0 Å². The standard InChI is InChI=1S/C15H19N3O/c1-11-4-5-13(12(2)10-11)18-9-8-17(3)15(19)14(18)6-7-16/h4-5,10,14H,6,8-9H2,1-3H3. The molecule has 1 aromatic rings. The van der Waals surface area contributed by atoms with Gasteiger partial charge in [0, 0.05) is 25.8 Å². The van der Waals surface area contributed by atoms with E-state index < -0.39 is 0 Å². The van der Waals surface area contributed by atoms with E-state index in [1.807, 2.05) is 6.07 Å². The second kappa shape index (κ2) is 5.31. The maximum absolute atomic E-state index is 12.2. The smallest absolute Gasteiger partial charge is 0.246 e. The maximum Gasteiger partial charge on any atom is 0.246 e. The zero-order valence-electron chi connectivity index (χ0n) is 11.7. The molecule has 4 nitrogen and oxygen atoms in total. The molecule has 4 heteroatoms. The molecule has 0 saturated carbocycles. The average Bonchev–Trinajstić information content (AvgIpc) is 2.36. The summed E-state index contributed by atoms with van der Waals surface area (Å²) in [5, 5.41) is 8.95. The highest BCUT2D eigenvalue weighted by Crippen LogP contribution is 2.26. The third-order valence-corrected chi connectivity index (χ3v) is 3.66. The molecule has 1 aliphatic rings. The number of nitriles is 1. The molecule has 0 spiro atoms. The van der Waals surface area contributed by atoms with Gasteiger partial charge in [-0.2, -0.15) is 5.26 Å². The summed E-state index contributed by atoms with van der Waals surface area (Å²) in [6.45, 7) is 5.58. The van der Waals surface area contributed by atoms with E-state index in [1.54, 1.807) is 11.9 Å². The van der Waals surface area contributed by atoms with Crippen LogP contribution in [0.5, 0.6) is 0 Å². The predicted octanol–water partition coefficient (Wildman–Crippen LogP) is 1.86. The van der Waals surface area contributed by atoms with Crippen molar-refractivity contribution >= 4 is 11.6 Å². The number of amides is 1. The van der Waals surface area contributed by atoms with E-state index in [9.17, 15) is 4.79 Å². The first-order chi connectivity index (χ1) is 9.04. The third-order valence-electron chi connectivity index (χ3n) is 3.66. The zero-order chi connectivity index (χ0) is 14.0. The van der Waals surface area contributed by atoms with E-state index in [4.69, 9.17) is 5.26 Å². The van der Waals surface area contributed by atoms with Crippen LogP contribution in [0, 0.1) is 25.2 Å². The van der Waals surface area contributed by atoms with Gasteiger partial charge in [0.05, 0.1) is 12.5 Å². The Morgan fingerprint density at radius 3 is 2.74 bits per heavy atom. The van der Waals surface area contributed by atoms with Crippen molar-refractivity contribution in [1.82, 2.24) is 4.90 Å². The lowest BCUT2D eigenvalue weighted by molar-refractivity contribution is -0.132. The van der Waals surface area contributed by atoms with Gasteiger partial charge in [-0.05, 0) is 25.5 Å². The number of hydrogen-bond donors (Lipinski definition) is 0. The van der Waals surface area contributed by atoms with E-state index >= 15 is 0 Å². The zero-order valence-corrected chi connectivity index (χ0v) is 11.7. The summed E-state index contributed by atoms with van der Waals surface area (Å²) >= 11 is 0. The van der Waals surface area contributed by atoms with Crippen LogP contribution < -0.4 is 4.90 Å². The summed E-state index contributed by atoms with van der Waals surface area (Å²) in [5.74, 6) is 0.0350. The normalized spacial score (nSPS) is 19.5. The van der Waals surface area contributed by atoms with E-state index in [0.717, 1.165) is 17.8 Å². The van der Waals surface area contributed by atoms with Crippen LogP contribution in [0.1, 0.15) is 17.5 Å². The molecule has 0 aliphatic carbocycles. The van der Waals surface area contributed by atoms with E-state index in [-0.39, 0.29) is 18.4 Å². The molecule has 0 bridgehead atoms. The minimum atomic E-state index is -0.356. The number of anilines is 1. The number of carbonyl (C=O) groups is 1. The number of rotatable bonds is 2. The summed E-state index contributed by atoms with van der Waals surface area (Å²) in [6, 6.07) is 7.99. The van der Waals surface area contributed by atoms with Crippen molar-refractivity contribution in [2.24, 2.45) is 0 Å². The Kier molecular flexibility index (Phi) is 3.75. The van der Waals surface area contributed by atoms with Crippen molar-refractivity contribution in [3.05, 3.63) is 29.3 Å². The lowest BCUT2D eigenvalue weighted by Gasteiger charge is -2.40. The van der Waals surface area contributed by atoms with E-state index in [2.05, 4.69) is 36.9 Å². The molecule has 1 aliphatic heterocycles. The summed E-state index contributed by atoms with van der Waals surface area (Å²) < 4.78 is 0. The van der Waals surface area contributed by atoms with Gasteiger partial charge >= 0.3 is 0 Å². The molecule has 19 heavy (non-hydrogen) atoms. The van der Waals surface area contributed by atoms with Crippen LogP contribution in [0.2, 0.25) is 0 Å². The van der Waals surface area contributed by atoms with E-state index in [0.29, 0.717) is 6.54 Å². The molecule has 100 valence electrons. The molecule has 1 atom stereocenters. The Morgan fingerprint density at radius 1 is 1.37 bits per heavy atom. The van der Waals surface area contributed by atoms with Gasteiger partial charge in [0.25, 0.3) is 0 Å². The van der Waals surface area contributed by atoms with Gasteiger partial charge in [-0.15, -0.1) is 0 Å². The molecule has 1 heterocycles. The number of nitrogens with zero attached hydrogens (tertiary/aromatic N) is 3. The molecule has 2 rings (SSSR count). The Hall–Kier alpha value is -2.02. The molecular weight excluding hydrogens is 238 g/mol. The van der Waals surface area contributed by atoms with Crippen molar-refractivity contribution in [2.75, 3.05) is 25.0 Å². The lowest BCUT2D eigenvalue weighted by Crippen LogP contribution is -2.56. The van der Waals surface area contributed by atoms with Crippen molar-refractivity contribution < 1.29 is 4.79 Å². The first-order valence-electron chi connectivity index (χ1n) is 6.50. The summed E-state index contributed by atoms with van der Waals surface area (Å²) in [6.07, 6.45) is 0.233. The van der Waals surface area contributed by atoms with Crippen LogP contribution in [0.4, 0.5) is 5.69 Å². The largest absolute Gasteiger partial charge is 0.357 e. The van der Waals surface area contributed by atoms with Crippen LogP contribution in [0.3, 0.4) is 0 Å². The molecule has 1 aromatic carbocycles. The molecule has 1 unspecified atom stereocenters. The molecular formula is C15H19N3O. The van der Waals surface area contributed by atoms with Crippen molar-refractivity contribution in [1.29, 1.82) is 5.26 Å². The monoisotopic (exact) mass is 257 g/mol. The van der Waals surface area contributed by atoms with Crippen molar-refractivity contribution in [3.63, 3.8) is 0 Å². The second-order valence-corrected chi connectivity index (χ2v) is 5.12. The maximum atomic E-state index is 12.2. The first-order valence-corrected chi connectivity index (χ1v) is 6.50. The molecule has 1 fully saturated rings. The molecule has 0 N–H and O–H groups in total. The highest BCUT2D eigenvalue weighted by molar-refractivity contribution is 5.87. The first kappa shape index (κ1) is 13.4. The molecule has 0 aromatic heterocycles. The Bertz CT molecular complexity index is 533. The Labute approximate surface area is 114 Å². The van der Waals surface area contributed by atoms with Gasteiger partial charge in [0.15, 0.2) is 0 Å². The second-order valence-electron chi connectivity index (χ2n) is 5.12. The van der Waals surface area contributed by atoms with E-state index in [1.165, 1.54) is 5.56 Å². The lowest BCUT2D eigenvalue weighted by atomic mass is 10.0. The fourth-order valence-corrected chi connectivity index (χ4v) is 2.61. The van der Waals surface area contributed by atoms with Gasteiger partial charge in [-0.3, -0.25) is 4.79 Å². The number of carbonyl (C=O) groups excluding carboxylic acids is 1. The van der Waals surface area contributed by atoms with Crippen LogP contribution in [0.15, 0.2) is 18.2 Å². The van der Waals surface area contributed by atoms with Gasteiger partial charge < -0.3 is 9.80 Å². The quantitative estimate of drug-likeness (QED) is 0.812. The topological polar surface area (TPSA) is 47.3 Å². The number of hydrogen-bond acceptors (Lipinski definition) is 3. The van der Waals surface area contributed by atoms with Gasteiger partial charge in [0.1, 0.15) is 6.04 Å².